The molecule has 0 spiro atoms. The van der Waals surface area contributed by atoms with E-state index in [1.54, 1.807) is 6.20 Å². The van der Waals surface area contributed by atoms with Gasteiger partial charge in [-0.1, -0.05) is 25.0 Å². The first-order chi connectivity index (χ1) is 11.2. The van der Waals surface area contributed by atoms with Gasteiger partial charge in [0.25, 0.3) is 5.56 Å². The van der Waals surface area contributed by atoms with Gasteiger partial charge in [0.15, 0.2) is 0 Å². The molecule has 1 fully saturated rings. The predicted molar refractivity (Wildman–Crippen MR) is 103 cm³/mol. The molecule has 1 aliphatic carbocycles. The van der Waals surface area contributed by atoms with Crippen LogP contribution in [0.3, 0.4) is 0 Å². The third-order valence-electron chi connectivity index (χ3n) is 4.18. The van der Waals surface area contributed by atoms with Gasteiger partial charge in [-0.05, 0) is 43.0 Å². The summed E-state index contributed by atoms with van der Waals surface area (Å²) in [5.41, 5.74) is 1.77. The smallest absolute Gasteiger partial charge is 0.259 e. The molecule has 0 unspecified atom stereocenters. The van der Waals surface area contributed by atoms with E-state index in [9.17, 15) is 4.79 Å². The van der Waals surface area contributed by atoms with Crippen LogP contribution in [0.5, 0.6) is 0 Å². The molecule has 25 heavy (non-hydrogen) atoms. The van der Waals surface area contributed by atoms with E-state index in [0.717, 1.165) is 35.4 Å². The molecule has 1 aromatic heterocycles. The second kappa shape index (κ2) is 9.38. The molecule has 3 rings (SSSR count). The quantitative estimate of drug-likeness (QED) is 0.467. The lowest BCUT2D eigenvalue weighted by atomic mass is 10.0. The van der Waals surface area contributed by atoms with E-state index in [0.29, 0.717) is 17.2 Å². The molecule has 2 aromatic rings. The number of aromatic nitrogens is 1. The molecule has 0 radical (unpaired) electrons. The lowest BCUT2D eigenvalue weighted by Crippen LogP contribution is -2.24. The molecular formula is C17H24N4O3S. The van der Waals surface area contributed by atoms with Crippen LogP contribution in [0.25, 0.3) is 0 Å². The van der Waals surface area contributed by atoms with E-state index >= 15 is 0 Å². The van der Waals surface area contributed by atoms with E-state index in [1.165, 1.54) is 12.8 Å². The highest BCUT2D eigenvalue weighted by Gasteiger charge is 2.19. The van der Waals surface area contributed by atoms with Crippen molar-refractivity contribution < 1.29 is 11.0 Å². The summed E-state index contributed by atoms with van der Waals surface area (Å²) in [5, 5.41) is 17.5. The van der Waals surface area contributed by atoms with Crippen molar-refractivity contribution in [1.82, 2.24) is 4.98 Å². The van der Waals surface area contributed by atoms with Crippen molar-refractivity contribution in [1.29, 1.82) is 5.41 Å². The van der Waals surface area contributed by atoms with Crippen LogP contribution in [0.2, 0.25) is 0 Å². The average Bonchev–Trinajstić information content (AvgIpc) is 3.07. The second-order valence-corrected chi connectivity index (χ2v) is 6.45. The second-order valence-electron chi connectivity index (χ2n) is 5.74. The first kappa shape index (κ1) is 20.9. The van der Waals surface area contributed by atoms with Gasteiger partial charge in [-0.2, -0.15) is 0 Å². The zero-order valence-electron chi connectivity index (χ0n) is 13.8. The molecule has 0 saturated heterocycles. The highest BCUT2D eigenvalue weighted by Crippen LogP contribution is 2.24. The number of hydrogen-bond donors (Lipinski definition) is 4. The largest absolute Gasteiger partial charge is 0.412 e. The van der Waals surface area contributed by atoms with Crippen LogP contribution < -0.4 is 16.0 Å². The SMILES string of the molecule is N=C(c1cccc(SN)c1)c1c(NC2CCCC2)cc[nH]c1=O.O.O. The minimum Gasteiger partial charge on any atom is -0.412 e. The maximum atomic E-state index is 12.3. The Morgan fingerprint density at radius 1 is 1.24 bits per heavy atom. The van der Waals surface area contributed by atoms with Crippen LogP contribution in [0, 0.1) is 5.41 Å². The number of nitrogens with two attached hydrogens (primary N) is 1. The van der Waals surface area contributed by atoms with E-state index < -0.39 is 0 Å². The average molecular weight is 364 g/mol. The fourth-order valence-electron chi connectivity index (χ4n) is 3.01. The minimum atomic E-state index is -0.246. The normalized spacial score (nSPS) is 13.6. The third-order valence-corrected chi connectivity index (χ3v) is 4.71. The molecule has 8 heteroatoms. The van der Waals surface area contributed by atoms with Gasteiger partial charge in [0.2, 0.25) is 0 Å². The van der Waals surface area contributed by atoms with Crippen molar-refractivity contribution in [2.24, 2.45) is 5.14 Å². The molecule has 0 amide bonds. The van der Waals surface area contributed by atoms with Gasteiger partial charge in [-0.15, -0.1) is 0 Å². The third kappa shape index (κ3) is 4.70. The lowest BCUT2D eigenvalue weighted by molar-refractivity contribution is 0.754. The Kier molecular flexibility index (Phi) is 7.85. The Balaban J connectivity index is 0.00000156. The zero-order chi connectivity index (χ0) is 16.2. The molecule has 1 heterocycles. The first-order valence-electron chi connectivity index (χ1n) is 7.73. The Labute approximate surface area is 150 Å². The van der Waals surface area contributed by atoms with Crippen LogP contribution >= 0.6 is 11.9 Å². The van der Waals surface area contributed by atoms with E-state index in [2.05, 4.69) is 10.3 Å². The number of aromatic amines is 1. The standard InChI is InChI=1S/C17H20N4OS.2H2O/c18-16(11-4-3-7-13(10-11)23-19)15-14(8-9-20-17(15)22)21-12-5-1-2-6-12;;/h3-4,7-10,12,18H,1-2,5-6,19H2,(H2,20,21,22);2*1H2. The Morgan fingerprint density at radius 3 is 2.64 bits per heavy atom. The number of H-pyrrole nitrogens is 1. The van der Waals surface area contributed by atoms with Gasteiger partial charge in [0, 0.05) is 22.7 Å². The van der Waals surface area contributed by atoms with Crippen LogP contribution in [-0.4, -0.2) is 27.7 Å². The fraction of sp³-hybridized carbons (Fsp3) is 0.294. The summed E-state index contributed by atoms with van der Waals surface area (Å²) in [6, 6.07) is 9.61. The van der Waals surface area contributed by atoms with Crippen molar-refractivity contribution in [3.8, 4) is 0 Å². The number of rotatable bonds is 5. The molecule has 7 nitrogen and oxygen atoms in total. The van der Waals surface area contributed by atoms with Gasteiger partial charge in [0.05, 0.1) is 17.0 Å². The van der Waals surface area contributed by atoms with Crippen LogP contribution in [0.15, 0.2) is 46.2 Å². The van der Waals surface area contributed by atoms with Crippen molar-refractivity contribution in [3.63, 3.8) is 0 Å². The summed E-state index contributed by atoms with van der Waals surface area (Å²) >= 11 is 1.13. The molecular weight excluding hydrogens is 340 g/mol. The highest BCUT2D eigenvalue weighted by molar-refractivity contribution is 7.97. The molecule has 1 aliphatic rings. The van der Waals surface area contributed by atoms with Crippen LogP contribution in [0.1, 0.15) is 36.8 Å². The molecule has 1 saturated carbocycles. The molecule has 9 N–H and O–H groups in total. The predicted octanol–water partition coefficient (Wildman–Crippen LogP) is 1.46. The van der Waals surface area contributed by atoms with E-state index in [-0.39, 0.29) is 22.2 Å². The molecule has 0 bridgehead atoms. The number of nitrogens with one attached hydrogen (secondary N) is 3. The van der Waals surface area contributed by atoms with Crippen molar-refractivity contribution in [2.45, 2.75) is 36.6 Å². The summed E-state index contributed by atoms with van der Waals surface area (Å²) in [6.45, 7) is 0. The van der Waals surface area contributed by atoms with Gasteiger partial charge in [-0.3, -0.25) is 15.3 Å². The minimum absolute atomic E-state index is 0. The lowest BCUT2D eigenvalue weighted by Gasteiger charge is -2.17. The van der Waals surface area contributed by atoms with Crippen LogP contribution in [0.4, 0.5) is 5.69 Å². The topological polar surface area (TPSA) is 158 Å². The van der Waals surface area contributed by atoms with Crippen molar-refractivity contribution in [2.75, 3.05) is 5.32 Å². The summed E-state index contributed by atoms with van der Waals surface area (Å²) in [6.07, 6.45) is 6.27. The highest BCUT2D eigenvalue weighted by atomic mass is 32.2. The Bertz CT molecular complexity index is 772. The maximum absolute atomic E-state index is 12.3. The Hall–Kier alpha value is -2.13. The van der Waals surface area contributed by atoms with Gasteiger partial charge < -0.3 is 21.3 Å². The summed E-state index contributed by atoms with van der Waals surface area (Å²) in [7, 11) is 0. The van der Waals surface area contributed by atoms with E-state index in [4.69, 9.17) is 10.5 Å². The number of benzene rings is 1. The first-order valence-corrected chi connectivity index (χ1v) is 8.61. The monoisotopic (exact) mass is 364 g/mol. The molecule has 136 valence electrons. The van der Waals surface area contributed by atoms with E-state index in [1.807, 2.05) is 30.3 Å². The molecule has 1 aromatic carbocycles. The Morgan fingerprint density at radius 2 is 1.96 bits per heavy atom. The summed E-state index contributed by atoms with van der Waals surface area (Å²) in [4.78, 5) is 15.9. The molecule has 0 atom stereocenters. The van der Waals surface area contributed by atoms with Gasteiger partial charge >= 0.3 is 0 Å². The number of anilines is 1. The number of pyridine rings is 1. The van der Waals surface area contributed by atoms with Gasteiger partial charge in [0.1, 0.15) is 0 Å². The molecule has 0 aliphatic heterocycles. The van der Waals surface area contributed by atoms with Gasteiger partial charge in [-0.25, -0.2) is 0 Å². The van der Waals surface area contributed by atoms with Crippen molar-refractivity contribution >= 4 is 23.3 Å². The van der Waals surface area contributed by atoms with Crippen molar-refractivity contribution in [3.05, 3.63) is 58.0 Å². The number of hydrogen-bond acceptors (Lipinski definition) is 5. The zero-order valence-corrected chi connectivity index (χ0v) is 14.6. The maximum Gasteiger partial charge on any atom is 0.259 e. The summed E-state index contributed by atoms with van der Waals surface area (Å²) in [5.74, 6) is 0. The van der Waals surface area contributed by atoms with Crippen LogP contribution in [-0.2, 0) is 0 Å². The fourth-order valence-corrected chi connectivity index (χ4v) is 3.36. The summed E-state index contributed by atoms with van der Waals surface area (Å²) < 4.78 is 0.